The number of aromatic nitrogens is 2. The van der Waals surface area contributed by atoms with E-state index in [0.29, 0.717) is 24.7 Å². The van der Waals surface area contributed by atoms with Crippen LogP contribution in [0, 0.1) is 5.92 Å². The maximum absolute atomic E-state index is 13.9. The van der Waals surface area contributed by atoms with Crippen LogP contribution in [0.25, 0.3) is 0 Å². The minimum atomic E-state index is -4.03. The molecule has 32 heavy (non-hydrogen) atoms. The second kappa shape index (κ2) is 8.70. The lowest BCUT2D eigenvalue weighted by Crippen LogP contribution is -2.29. The van der Waals surface area contributed by atoms with Gasteiger partial charge in [0.15, 0.2) is 5.03 Å². The topological polar surface area (TPSA) is 118 Å². The molecule has 0 atom stereocenters. The fourth-order valence-corrected chi connectivity index (χ4v) is 4.25. The number of amides is 1. The van der Waals surface area contributed by atoms with Gasteiger partial charge in [-0.25, -0.2) is 32.3 Å². The van der Waals surface area contributed by atoms with Crippen molar-refractivity contribution in [1.82, 2.24) is 9.97 Å². The van der Waals surface area contributed by atoms with Crippen molar-refractivity contribution >= 4 is 27.4 Å². The predicted molar refractivity (Wildman–Crippen MR) is 115 cm³/mol. The van der Waals surface area contributed by atoms with E-state index in [9.17, 15) is 22.0 Å². The molecule has 1 aliphatic heterocycles. The molecule has 1 aliphatic carbocycles. The molecule has 2 fully saturated rings. The lowest BCUT2D eigenvalue weighted by Gasteiger charge is -2.24. The Balaban J connectivity index is 1.62. The van der Waals surface area contributed by atoms with Crippen molar-refractivity contribution in [3.8, 4) is 0 Å². The zero-order chi connectivity index (χ0) is 22.9. The second-order valence-corrected chi connectivity index (χ2v) is 9.91. The first kappa shape index (κ1) is 22.5. The van der Waals surface area contributed by atoms with Crippen molar-refractivity contribution < 1.29 is 22.0 Å². The summed E-state index contributed by atoms with van der Waals surface area (Å²) >= 11 is 0. The SMILES string of the molecule is NS(=O)(=O)c1cc(NC(=O)c2ccc(CC3CC3)nc2N2CCCC(F)(F)CC2)ccn1. The number of carbonyl (C=O) groups excluding carboxylic acids is 1. The Bertz CT molecular complexity index is 1120. The van der Waals surface area contributed by atoms with Crippen LogP contribution in [-0.4, -0.2) is 43.3 Å². The van der Waals surface area contributed by atoms with Crippen molar-refractivity contribution in [3.63, 3.8) is 0 Å². The molecular formula is C21H25F2N5O3S. The van der Waals surface area contributed by atoms with Crippen LogP contribution in [0.3, 0.4) is 0 Å². The van der Waals surface area contributed by atoms with Gasteiger partial charge in [0.25, 0.3) is 15.9 Å². The summed E-state index contributed by atoms with van der Waals surface area (Å²) in [7, 11) is -4.03. The van der Waals surface area contributed by atoms with E-state index in [-0.39, 0.29) is 35.7 Å². The molecule has 1 amide bonds. The molecule has 2 aromatic rings. The lowest BCUT2D eigenvalue weighted by molar-refractivity contribution is -0.0102. The number of hydrogen-bond donors (Lipinski definition) is 2. The van der Waals surface area contributed by atoms with Gasteiger partial charge >= 0.3 is 0 Å². The van der Waals surface area contributed by atoms with Crippen molar-refractivity contribution in [3.05, 3.63) is 41.7 Å². The highest BCUT2D eigenvalue weighted by molar-refractivity contribution is 7.89. The molecule has 2 aromatic heterocycles. The first-order valence-electron chi connectivity index (χ1n) is 10.5. The summed E-state index contributed by atoms with van der Waals surface area (Å²) in [4.78, 5) is 23.2. The van der Waals surface area contributed by atoms with Crippen LogP contribution in [0.4, 0.5) is 20.3 Å². The van der Waals surface area contributed by atoms with Gasteiger partial charge in [-0.2, -0.15) is 0 Å². The fourth-order valence-electron chi connectivity index (χ4n) is 3.75. The van der Waals surface area contributed by atoms with Crippen LogP contribution in [0.1, 0.15) is 48.2 Å². The van der Waals surface area contributed by atoms with Crippen molar-refractivity contribution in [2.75, 3.05) is 23.3 Å². The van der Waals surface area contributed by atoms with Gasteiger partial charge in [-0.1, -0.05) is 0 Å². The maximum atomic E-state index is 13.9. The highest BCUT2D eigenvalue weighted by atomic mass is 32.2. The van der Waals surface area contributed by atoms with Gasteiger partial charge in [-0.15, -0.1) is 0 Å². The number of halogens is 2. The molecule has 8 nitrogen and oxygen atoms in total. The van der Waals surface area contributed by atoms with Crippen molar-refractivity contribution in [2.45, 2.75) is 49.5 Å². The lowest BCUT2D eigenvalue weighted by atomic mass is 10.1. The van der Waals surface area contributed by atoms with E-state index in [0.717, 1.165) is 31.0 Å². The number of nitrogens with zero attached hydrogens (tertiary/aromatic N) is 3. The smallest absolute Gasteiger partial charge is 0.259 e. The number of nitrogens with one attached hydrogen (secondary N) is 1. The molecule has 0 radical (unpaired) electrons. The standard InChI is InChI=1S/C21H25F2N5O3S/c22-21(23)7-1-10-28(11-8-21)19-17(5-4-15(26-19)12-14-2-3-14)20(29)27-16-6-9-25-18(13-16)32(24,30)31/h4-6,9,13-14H,1-3,7-8,10-12H2,(H2,24,30,31)(H,25,27,29). The second-order valence-electron chi connectivity index (χ2n) is 8.40. The summed E-state index contributed by atoms with van der Waals surface area (Å²) in [6.07, 6.45) is 4.10. The maximum Gasteiger partial charge on any atom is 0.259 e. The Morgan fingerprint density at radius 3 is 2.72 bits per heavy atom. The number of anilines is 2. The van der Waals surface area contributed by atoms with Crippen molar-refractivity contribution in [1.29, 1.82) is 0 Å². The first-order chi connectivity index (χ1) is 15.1. The number of primary sulfonamides is 1. The van der Waals surface area contributed by atoms with Gasteiger partial charge in [0, 0.05) is 49.6 Å². The summed E-state index contributed by atoms with van der Waals surface area (Å²) in [5.74, 6) is -2.30. The quantitative estimate of drug-likeness (QED) is 0.677. The van der Waals surface area contributed by atoms with Crippen LogP contribution < -0.4 is 15.4 Å². The number of hydrogen-bond acceptors (Lipinski definition) is 6. The van der Waals surface area contributed by atoms with E-state index >= 15 is 0 Å². The van der Waals surface area contributed by atoms with E-state index in [1.807, 2.05) is 0 Å². The summed E-state index contributed by atoms with van der Waals surface area (Å²) in [5.41, 5.74) is 1.27. The molecule has 3 N–H and O–H groups in total. The third-order valence-electron chi connectivity index (χ3n) is 5.67. The van der Waals surface area contributed by atoms with Crippen LogP contribution in [0.15, 0.2) is 35.5 Å². The van der Waals surface area contributed by atoms with Gasteiger partial charge in [0.2, 0.25) is 5.92 Å². The predicted octanol–water partition coefficient (Wildman–Crippen LogP) is 2.95. The Morgan fingerprint density at radius 2 is 2.00 bits per heavy atom. The van der Waals surface area contributed by atoms with Gasteiger partial charge < -0.3 is 10.2 Å². The van der Waals surface area contributed by atoms with Gasteiger partial charge in [0.05, 0.1) is 5.56 Å². The first-order valence-corrected chi connectivity index (χ1v) is 12.1. The third-order valence-corrected chi connectivity index (χ3v) is 6.48. The molecule has 3 heterocycles. The number of pyridine rings is 2. The Kier molecular flexibility index (Phi) is 6.13. The number of alkyl halides is 2. The number of rotatable bonds is 6. The van der Waals surface area contributed by atoms with E-state index in [1.165, 1.54) is 12.3 Å². The summed E-state index contributed by atoms with van der Waals surface area (Å²) < 4.78 is 50.9. The molecule has 0 spiro atoms. The average molecular weight is 466 g/mol. The minimum Gasteiger partial charge on any atom is -0.356 e. The summed E-state index contributed by atoms with van der Waals surface area (Å²) in [6, 6.07) is 6.04. The average Bonchev–Trinajstić information content (AvgIpc) is 3.55. The molecule has 11 heteroatoms. The zero-order valence-corrected chi connectivity index (χ0v) is 18.2. The van der Waals surface area contributed by atoms with Crippen LogP contribution in [0.5, 0.6) is 0 Å². The van der Waals surface area contributed by atoms with Crippen molar-refractivity contribution in [2.24, 2.45) is 11.1 Å². The molecule has 2 aliphatic rings. The Hall–Kier alpha value is -2.66. The van der Waals surface area contributed by atoms with Crippen LogP contribution in [0.2, 0.25) is 0 Å². The zero-order valence-electron chi connectivity index (χ0n) is 17.4. The number of sulfonamides is 1. The molecule has 1 saturated heterocycles. The number of carbonyl (C=O) groups is 1. The van der Waals surface area contributed by atoms with E-state index in [2.05, 4.69) is 15.3 Å². The summed E-state index contributed by atoms with van der Waals surface area (Å²) in [6.45, 7) is 0.471. The van der Waals surface area contributed by atoms with Gasteiger partial charge in [0.1, 0.15) is 5.82 Å². The van der Waals surface area contributed by atoms with Gasteiger partial charge in [-0.05, 0) is 49.8 Å². The van der Waals surface area contributed by atoms with E-state index in [4.69, 9.17) is 5.14 Å². The molecule has 0 bridgehead atoms. The molecule has 4 rings (SSSR count). The van der Waals surface area contributed by atoms with Gasteiger partial charge in [-0.3, -0.25) is 4.79 Å². The van der Waals surface area contributed by atoms with Crippen LogP contribution in [-0.2, 0) is 16.4 Å². The number of nitrogens with two attached hydrogens (primary N) is 1. The fraction of sp³-hybridized carbons (Fsp3) is 0.476. The highest BCUT2D eigenvalue weighted by Crippen LogP contribution is 2.34. The molecule has 0 unspecified atom stereocenters. The molecule has 172 valence electrons. The monoisotopic (exact) mass is 465 g/mol. The third kappa shape index (κ3) is 5.57. The Morgan fingerprint density at radius 1 is 1.22 bits per heavy atom. The molecule has 0 aromatic carbocycles. The minimum absolute atomic E-state index is 0.0952. The molecular weight excluding hydrogens is 440 g/mol. The van der Waals surface area contributed by atoms with E-state index < -0.39 is 21.9 Å². The summed E-state index contributed by atoms with van der Waals surface area (Å²) in [5, 5.41) is 7.38. The molecule has 1 saturated carbocycles. The highest BCUT2D eigenvalue weighted by Gasteiger charge is 2.33. The Labute approximate surface area is 185 Å². The normalized spacial score (nSPS) is 18.8. The van der Waals surface area contributed by atoms with E-state index in [1.54, 1.807) is 17.0 Å². The van der Waals surface area contributed by atoms with Crippen LogP contribution >= 0.6 is 0 Å². The largest absolute Gasteiger partial charge is 0.356 e.